The Morgan fingerprint density at radius 3 is 2.02 bits per heavy atom. The molecular formula is C41H70O14. The molecule has 3 saturated heterocycles. The molecule has 4 aliphatic carbocycles. The van der Waals surface area contributed by atoms with Crippen molar-refractivity contribution in [2.75, 3.05) is 13.2 Å². The molecule has 3 heterocycles. The lowest BCUT2D eigenvalue weighted by Crippen LogP contribution is -2.67. The van der Waals surface area contributed by atoms with Crippen molar-refractivity contribution in [3.8, 4) is 0 Å². The summed E-state index contributed by atoms with van der Waals surface area (Å²) in [5.41, 5.74) is -2.69. The third-order valence-electron chi connectivity index (χ3n) is 17.0. The zero-order chi connectivity index (χ0) is 40.4. The largest absolute Gasteiger partial charge is 0.394 e. The molecule has 3 aliphatic heterocycles. The first-order valence-corrected chi connectivity index (χ1v) is 20.8. The zero-order valence-corrected chi connectivity index (χ0v) is 34.0. The summed E-state index contributed by atoms with van der Waals surface area (Å²) in [5, 5.41) is 97.0. The van der Waals surface area contributed by atoms with Crippen LogP contribution in [-0.4, -0.2) is 150 Å². The highest BCUT2D eigenvalue weighted by Gasteiger charge is 2.72. The van der Waals surface area contributed by atoms with Crippen molar-refractivity contribution in [2.45, 2.75) is 198 Å². The zero-order valence-electron chi connectivity index (χ0n) is 34.0. The maximum absolute atomic E-state index is 12.3. The minimum Gasteiger partial charge on any atom is -0.394 e. The van der Waals surface area contributed by atoms with Crippen molar-refractivity contribution in [3.63, 3.8) is 0 Å². The fourth-order valence-electron chi connectivity index (χ4n) is 14.0. The van der Waals surface area contributed by atoms with Crippen LogP contribution in [0, 0.1) is 45.3 Å². The first kappa shape index (κ1) is 42.6. The molecule has 0 spiro atoms. The molecule has 7 rings (SSSR count). The topological polar surface area (TPSA) is 228 Å². The van der Waals surface area contributed by atoms with E-state index in [1.807, 2.05) is 0 Å². The standard InChI is InChI=1S/C41H70O14/c1-36(2)24-10-14-39(6)25(15-20(43)27-19(9-13-40(27,39)7)41(8)16-21(44)33(55-41)37(3,4)50)38(24,5)12-11-26(36)53-35-32(30(48)29(47)23(17-42)52-35)54-34-31(49)28(46)22(45)18-51-34/h19-35,42-50H,9-18H2,1-8H3/t19-,20+,21-,22+,23+,24-,25+,26-,27-,28-,29+,30-,31+,32+,33-,34-,35-,38-,39+,40+,41-/m0/s1. The molecule has 0 aromatic heterocycles. The van der Waals surface area contributed by atoms with Crippen molar-refractivity contribution in [2.24, 2.45) is 45.3 Å². The van der Waals surface area contributed by atoms with E-state index in [1.165, 1.54) is 0 Å². The Balaban J connectivity index is 1.11. The number of aliphatic hydroxyl groups excluding tert-OH is 8. The van der Waals surface area contributed by atoms with Crippen LogP contribution in [0.4, 0.5) is 0 Å². The van der Waals surface area contributed by atoms with Gasteiger partial charge in [0.2, 0.25) is 0 Å². The van der Waals surface area contributed by atoms with Gasteiger partial charge in [-0.2, -0.15) is 0 Å². The first-order chi connectivity index (χ1) is 25.4. The number of fused-ring (bicyclic) bond motifs is 5. The van der Waals surface area contributed by atoms with Crippen LogP contribution in [0.2, 0.25) is 0 Å². The Labute approximate surface area is 325 Å². The smallest absolute Gasteiger partial charge is 0.187 e. The molecule has 7 aliphatic rings. The quantitative estimate of drug-likeness (QED) is 0.164. The second kappa shape index (κ2) is 14.3. The summed E-state index contributed by atoms with van der Waals surface area (Å²) in [6.45, 7) is 16.1. The molecule has 0 unspecified atom stereocenters. The van der Waals surface area contributed by atoms with Crippen molar-refractivity contribution < 1.29 is 69.6 Å². The highest BCUT2D eigenvalue weighted by Crippen LogP contribution is 2.76. The van der Waals surface area contributed by atoms with Gasteiger partial charge in [-0.25, -0.2) is 0 Å². The summed E-state index contributed by atoms with van der Waals surface area (Å²) in [5.74, 6) is 0.420. The normalized spacial score (nSPS) is 56.8. The van der Waals surface area contributed by atoms with Gasteiger partial charge in [0.05, 0.1) is 42.7 Å². The highest BCUT2D eigenvalue weighted by molar-refractivity contribution is 5.21. The fourth-order valence-corrected chi connectivity index (χ4v) is 14.0. The lowest BCUT2D eigenvalue weighted by Gasteiger charge is -2.70. The second-order valence-electron chi connectivity index (χ2n) is 20.8. The lowest BCUT2D eigenvalue weighted by atomic mass is 9.35. The minimum atomic E-state index is -1.64. The van der Waals surface area contributed by atoms with E-state index < -0.39 is 96.8 Å². The van der Waals surface area contributed by atoms with Crippen LogP contribution in [0.25, 0.3) is 0 Å². The molecule has 9 N–H and O–H groups in total. The van der Waals surface area contributed by atoms with Crippen molar-refractivity contribution >= 4 is 0 Å². The number of ether oxygens (including phenoxy) is 5. The number of rotatable bonds is 7. The summed E-state index contributed by atoms with van der Waals surface area (Å²) in [7, 11) is 0. The Hall–Kier alpha value is -0.560. The predicted molar refractivity (Wildman–Crippen MR) is 196 cm³/mol. The molecule has 4 saturated carbocycles. The highest BCUT2D eigenvalue weighted by atomic mass is 16.8. The monoisotopic (exact) mass is 786 g/mol. The average Bonchev–Trinajstić information content (AvgIpc) is 3.65. The van der Waals surface area contributed by atoms with Crippen molar-refractivity contribution in [3.05, 3.63) is 0 Å². The van der Waals surface area contributed by atoms with Crippen LogP contribution >= 0.6 is 0 Å². The lowest BCUT2D eigenvalue weighted by molar-refractivity contribution is -0.370. The molecule has 0 amide bonds. The maximum atomic E-state index is 12.3. The van der Waals surface area contributed by atoms with Gasteiger partial charge in [0.15, 0.2) is 12.6 Å². The Morgan fingerprint density at radius 1 is 0.709 bits per heavy atom. The summed E-state index contributed by atoms with van der Waals surface area (Å²) in [6.07, 6.45) is -9.05. The van der Waals surface area contributed by atoms with Crippen LogP contribution in [0.3, 0.4) is 0 Å². The van der Waals surface area contributed by atoms with E-state index in [0.29, 0.717) is 19.3 Å². The Bertz CT molecular complexity index is 1390. The summed E-state index contributed by atoms with van der Waals surface area (Å²) in [4.78, 5) is 0. The number of hydrogen-bond acceptors (Lipinski definition) is 14. The van der Waals surface area contributed by atoms with E-state index in [2.05, 4.69) is 41.5 Å². The molecule has 14 nitrogen and oxygen atoms in total. The van der Waals surface area contributed by atoms with Gasteiger partial charge in [0.25, 0.3) is 0 Å². The summed E-state index contributed by atoms with van der Waals surface area (Å²) < 4.78 is 30.8. The van der Waals surface area contributed by atoms with Crippen LogP contribution in [-0.2, 0) is 23.7 Å². The third-order valence-corrected chi connectivity index (χ3v) is 17.0. The summed E-state index contributed by atoms with van der Waals surface area (Å²) >= 11 is 0. The molecule has 0 aromatic rings. The van der Waals surface area contributed by atoms with Crippen molar-refractivity contribution in [1.82, 2.24) is 0 Å². The molecule has 318 valence electrons. The van der Waals surface area contributed by atoms with Gasteiger partial charge in [0.1, 0.15) is 48.8 Å². The maximum Gasteiger partial charge on any atom is 0.187 e. The fraction of sp³-hybridized carbons (Fsp3) is 1.00. The van der Waals surface area contributed by atoms with Crippen LogP contribution < -0.4 is 0 Å². The molecule has 0 radical (unpaired) electrons. The average molecular weight is 787 g/mol. The van der Waals surface area contributed by atoms with Gasteiger partial charge in [-0.3, -0.25) is 0 Å². The van der Waals surface area contributed by atoms with Gasteiger partial charge in [0, 0.05) is 6.42 Å². The van der Waals surface area contributed by atoms with E-state index >= 15 is 0 Å². The molecule has 0 bridgehead atoms. The Kier molecular flexibility index (Phi) is 11.1. The molecular weight excluding hydrogens is 716 g/mol. The molecule has 0 aromatic carbocycles. The molecule has 55 heavy (non-hydrogen) atoms. The SMILES string of the molecule is CC(C)(O)[C@H]1O[C@](C)([C@H]2CC[C@]3(C)[C@@H]2[C@H](O)C[C@@H]2[C@@]4(C)CC[C@H](O[C@@H]5O[C@H](CO)[C@@H](O)[C@H](O)[C@H]5O[C@@H]5OC[C@@H](O)[C@H](O)[C@H]5O)C(C)(C)[C@@H]4CC[C@]23C)C[C@@H]1O. The van der Waals surface area contributed by atoms with Gasteiger partial charge >= 0.3 is 0 Å². The molecule has 21 atom stereocenters. The van der Waals surface area contributed by atoms with Gasteiger partial charge < -0.3 is 69.6 Å². The summed E-state index contributed by atoms with van der Waals surface area (Å²) in [6, 6.07) is 0. The third kappa shape index (κ3) is 6.50. The van der Waals surface area contributed by atoms with E-state index in [9.17, 15) is 46.0 Å². The Morgan fingerprint density at radius 2 is 1.38 bits per heavy atom. The van der Waals surface area contributed by atoms with E-state index in [1.54, 1.807) is 13.8 Å². The van der Waals surface area contributed by atoms with E-state index in [4.69, 9.17) is 23.7 Å². The molecule has 14 heteroatoms. The van der Waals surface area contributed by atoms with Gasteiger partial charge in [-0.15, -0.1) is 0 Å². The molecule has 7 fully saturated rings. The van der Waals surface area contributed by atoms with Crippen LogP contribution in [0.1, 0.15) is 107 Å². The van der Waals surface area contributed by atoms with E-state index in [-0.39, 0.29) is 52.6 Å². The second-order valence-corrected chi connectivity index (χ2v) is 20.8. The van der Waals surface area contributed by atoms with Crippen LogP contribution in [0.5, 0.6) is 0 Å². The van der Waals surface area contributed by atoms with E-state index in [0.717, 1.165) is 32.1 Å². The van der Waals surface area contributed by atoms with Crippen molar-refractivity contribution in [1.29, 1.82) is 0 Å². The minimum absolute atomic E-state index is 0.0167. The van der Waals surface area contributed by atoms with Gasteiger partial charge in [-0.1, -0.05) is 34.6 Å². The van der Waals surface area contributed by atoms with Gasteiger partial charge in [-0.05, 0) is 111 Å². The van der Waals surface area contributed by atoms with Crippen LogP contribution in [0.15, 0.2) is 0 Å². The number of hydrogen-bond donors (Lipinski definition) is 9. The number of aliphatic hydroxyl groups is 9. The first-order valence-electron chi connectivity index (χ1n) is 20.8. The predicted octanol–water partition coefficient (Wildman–Crippen LogP) is 0.970.